The Morgan fingerprint density at radius 1 is 0.857 bits per heavy atom. The average Bonchev–Trinajstić information content (AvgIpc) is 2.69. The molecule has 138 valence electrons. The van der Waals surface area contributed by atoms with E-state index in [-0.39, 0.29) is 11.3 Å². The van der Waals surface area contributed by atoms with E-state index in [2.05, 4.69) is 5.32 Å². The highest BCUT2D eigenvalue weighted by molar-refractivity contribution is 6.05. The van der Waals surface area contributed by atoms with Crippen molar-refractivity contribution in [1.29, 1.82) is 0 Å². The van der Waals surface area contributed by atoms with Crippen molar-refractivity contribution in [3.05, 3.63) is 99.7 Å². The molecule has 0 unspecified atom stereocenters. The quantitative estimate of drug-likeness (QED) is 0.531. The van der Waals surface area contributed by atoms with Gasteiger partial charge in [-0.3, -0.25) is 9.59 Å². The van der Waals surface area contributed by atoms with Crippen LogP contribution in [0.4, 0.5) is 5.69 Å². The molecule has 4 nitrogen and oxygen atoms in total. The van der Waals surface area contributed by atoms with E-state index in [1.165, 1.54) is 6.07 Å². The van der Waals surface area contributed by atoms with Gasteiger partial charge in [-0.2, -0.15) is 0 Å². The van der Waals surface area contributed by atoms with Gasteiger partial charge in [0.05, 0.1) is 5.39 Å². The second kappa shape index (κ2) is 7.16. The van der Waals surface area contributed by atoms with E-state index in [0.29, 0.717) is 28.0 Å². The fourth-order valence-corrected chi connectivity index (χ4v) is 3.08. The van der Waals surface area contributed by atoms with Crippen molar-refractivity contribution in [2.45, 2.75) is 13.8 Å². The number of hydrogen-bond donors (Lipinski definition) is 1. The van der Waals surface area contributed by atoms with Crippen LogP contribution in [-0.4, -0.2) is 5.91 Å². The van der Waals surface area contributed by atoms with Crippen molar-refractivity contribution in [2.75, 3.05) is 5.32 Å². The van der Waals surface area contributed by atoms with Crippen molar-refractivity contribution in [3.8, 4) is 11.3 Å². The van der Waals surface area contributed by atoms with Crippen LogP contribution in [-0.2, 0) is 0 Å². The second-order valence-corrected chi connectivity index (χ2v) is 6.88. The number of fused-ring (bicyclic) bond motifs is 1. The van der Waals surface area contributed by atoms with Gasteiger partial charge in [-0.25, -0.2) is 0 Å². The number of aryl methyl sites for hydroxylation is 2. The summed E-state index contributed by atoms with van der Waals surface area (Å²) in [6, 6.07) is 21.7. The van der Waals surface area contributed by atoms with E-state index in [4.69, 9.17) is 4.42 Å². The molecule has 0 saturated carbocycles. The Bertz CT molecular complexity index is 1240. The molecule has 0 fully saturated rings. The minimum atomic E-state index is -0.222. The van der Waals surface area contributed by atoms with Crippen molar-refractivity contribution >= 4 is 22.6 Å². The molecule has 0 atom stereocenters. The molecule has 28 heavy (non-hydrogen) atoms. The number of anilines is 1. The Kier molecular flexibility index (Phi) is 4.53. The maximum absolute atomic E-state index is 12.6. The molecule has 0 bridgehead atoms. The summed E-state index contributed by atoms with van der Waals surface area (Å²) in [5, 5.41) is 3.26. The van der Waals surface area contributed by atoms with Gasteiger partial charge >= 0.3 is 0 Å². The smallest absolute Gasteiger partial charge is 0.255 e. The van der Waals surface area contributed by atoms with E-state index >= 15 is 0 Å². The van der Waals surface area contributed by atoms with Gasteiger partial charge < -0.3 is 9.73 Å². The highest BCUT2D eigenvalue weighted by Gasteiger charge is 2.10. The van der Waals surface area contributed by atoms with Crippen LogP contribution < -0.4 is 10.7 Å². The summed E-state index contributed by atoms with van der Waals surface area (Å²) >= 11 is 0. The van der Waals surface area contributed by atoms with E-state index < -0.39 is 0 Å². The van der Waals surface area contributed by atoms with Gasteiger partial charge in [-0.15, -0.1) is 0 Å². The normalized spacial score (nSPS) is 10.8. The lowest BCUT2D eigenvalue weighted by atomic mass is 10.1. The maximum Gasteiger partial charge on any atom is 0.255 e. The topological polar surface area (TPSA) is 59.3 Å². The van der Waals surface area contributed by atoms with Crippen LogP contribution in [0.15, 0.2) is 82.0 Å². The lowest BCUT2D eigenvalue weighted by molar-refractivity contribution is 0.102. The van der Waals surface area contributed by atoms with Crippen molar-refractivity contribution in [2.24, 2.45) is 0 Å². The molecular weight excluding hydrogens is 350 g/mol. The van der Waals surface area contributed by atoms with E-state index in [1.807, 2.05) is 50.2 Å². The largest absolute Gasteiger partial charge is 0.456 e. The molecule has 0 aliphatic rings. The van der Waals surface area contributed by atoms with Crippen LogP contribution >= 0.6 is 0 Å². The van der Waals surface area contributed by atoms with Crippen molar-refractivity contribution < 1.29 is 9.21 Å². The summed E-state index contributed by atoms with van der Waals surface area (Å²) < 4.78 is 5.93. The molecule has 0 radical (unpaired) electrons. The fraction of sp³-hybridized carbons (Fsp3) is 0.0833. The molecule has 3 aromatic carbocycles. The number of benzene rings is 3. The summed E-state index contributed by atoms with van der Waals surface area (Å²) in [7, 11) is 0. The summed E-state index contributed by atoms with van der Waals surface area (Å²) in [6.07, 6.45) is 0. The van der Waals surface area contributed by atoms with E-state index in [9.17, 15) is 9.59 Å². The average molecular weight is 369 g/mol. The molecule has 4 heteroatoms. The Balaban J connectivity index is 1.67. The molecule has 0 aliphatic carbocycles. The molecule has 1 amide bonds. The zero-order valence-corrected chi connectivity index (χ0v) is 15.7. The first kappa shape index (κ1) is 17.7. The van der Waals surface area contributed by atoms with Crippen molar-refractivity contribution in [1.82, 2.24) is 0 Å². The molecule has 4 rings (SSSR count). The molecule has 0 saturated heterocycles. The van der Waals surface area contributed by atoms with Gasteiger partial charge in [0.1, 0.15) is 11.3 Å². The minimum absolute atomic E-state index is 0.149. The number of amides is 1. The van der Waals surface area contributed by atoms with Crippen LogP contribution in [0, 0.1) is 13.8 Å². The SMILES string of the molecule is Cc1ccc(C(=O)Nc2ccc3oc(-c4cccc(C)c4)cc(=O)c3c2)cc1. The predicted octanol–water partition coefficient (Wildman–Crippen LogP) is 5.33. The predicted molar refractivity (Wildman–Crippen MR) is 112 cm³/mol. The third kappa shape index (κ3) is 3.58. The first-order valence-electron chi connectivity index (χ1n) is 9.02. The van der Waals surface area contributed by atoms with Crippen molar-refractivity contribution in [3.63, 3.8) is 0 Å². The first-order chi connectivity index (χ1) is 13.5. The van der Waals surface area contributed by atoms with Crippen LogP contribution in [0.3, 0.4) is 0 Å². The molecule has 4 aromatic rings. The fourth-order valence-electron chi connectivity index (χ4n) is 3.08. The third-order valence-electron chi connectivity index (χ3n) is 4.60. The van der Waals surface area contributed by atoms with Crippen LogP contribution in [0.25, 0.3) is 22.3 Å². The number of hydrogen-bond acceptors (Lipinski definition) is 3. The van der Waals surface area contributed by atoms with Gasteiger partial charge in [0.2, 0.25) is 0 Å². The van der Waals surface area contributed by atoms with Crippen LogP contribution in [0.1, 0.15) is 21.5 Å². The summed E-state index contributed by atoms with van der Waals surface area (Å²) in [4.78, 5) is 25.0. The summed E-state index contributed by atoms with van der Waals surface area (Å²) in [5.41, 5.74) is 4.48. The van der Waals surface area contributed by atoms with Gasteiger partial charge in [-0.05, 0) is 50.2 Å². The highest BCUT2D eigenvalue weighted by atomic mass is 16.3. The molecule has 0 spiro atoms. The highest BCUT2D eigenvalue weighted by Crippen LogP contribution is 2.24. The van der Waals surface area contributed by atoms with E-state index in [1.54, 1.807) is 30.3 Å². The number of carbonyl (C=O) groups is 1. The first-order valence-corrected chi connectivity index (χ1v) is 9.02. The Hall–Kier alpha value is -3.66. The van der Waals surface area contributed by atoms with E-state index in [0.717, 1.165) is 16.7 Å². The summed E-state index contributed by atoms with van der Waals surface area (Å²) in [5.74, 6) is 0.303. The Labute approximate surface area is 162 Å². The molecule has 1 aromatic heterocycles. The lowest BCUT2D eigenvalue weighted by Gasteiger charge is -2.08. The molecular formula is C24H19NO3. The van der Waals surface area contributed by atoms with Gasteiger partial charge in [0.15, 0.2) is 5.43 Å². The van der Waals surface area contributed by atoms with Gasteiger partial charge in [0, 0.05) is 22.9 Å². The van der Waals surface area contributed by atoms with Gasteiger partial charge in [0.25, 0.3) is 5.91 Å². The Morgan fingerprint density at radius 2 is 1.64 bits per heavy atom. The monoisotopic (exact) mass is 369 g/mol. The maximum atomic E-state index is 12.6. The third-order valence-corrected chi connectivity index (χ3v) is 4.60. The Morgan fingerprint density at radius 3 is 2.39 bits per heavy atom. The van der Waals surface area contributed by atoms with Crippen LogP contribution in [0.2, 0.25) is 0 Å². The summed E-state index contributed by atoms with van der Waals surface area (Å²) in [6.45, 7) is 3.96. The number of rotatable bonds is 3. The molecule has 1 heterocycles. The second-order valence-electron chi connectivity index (χ2n) is 6.88. The number of carbonyl (C=O) groups excluding carboxylic acids is 1. The van der Waals surface area contributed by atoms with Crippen LogP contribution in [0.5, 0.6) is 0 Å². The number of nitrogens with one attached hydrogen (secondary N) is 1. The minimum Gasteiger partial charge on any atom is -0.456 e. The molecule has 0 aliphatic heterocycles. The standard InChI is InChI=1S/C24H19NO3/c1-15-6-8-17(9-7-15)24(27)25-19-10-11-22-20(13-19)21(26)14-23(28-22)18-5-3-4-16(2)12-18/h3-14H,1-2H3,(H,25,27). The molecule has 1 N–H and O–H groups in total. The zero-order chi connectivity index (χ0) is 19.7. The van der Waals surface area contributed by atoms with Gasteiger partial charge in [-0.1, -0.05) is 41.5 Å². The lowest BCUT2D eigenvalue weighted by Crippen LogP contribution is -2.12. The zero-order valence-electron chi connectivity index (χ0n) is 15.7.